The molecule has 0 nitrogen and oxygen atoms in total. The van der Waals surface area contributed by atoms with Gasteiger partial charge in [-0.25, -0.2) is 0 Å². The summed E-state index contributed by atoms with van der Waals surface area (Å²) in [5.74, 6) is -11.5. The van der Waals surface area contributed by atoms with Crippen LogP contribution in [0.1, 0.15) is 13.3 Å². The Balaban J connectivity index is 5.44. The molecule has 0 aliphatic heterocycles. The number of rotatable bonds is 3. The summed E-state index contributed by atoms with van der Waals surface area (Å²) in [5.41, 5.74) is 0. The van der Waals surface area contributed by atoms with Gasteiger partial charge in [0.05, 0.1) is 0 Å². The van der Waals surface area contributed by atoms with Crippen molar-refractivity contribution in [2.24, 2.45) is 17.8 Å². The standard InChI is InChI=1S/C9H8F12/c1-3(5(8(16,17)18)9(19,20)21)2-4(6(10,11)12)7(13,14)15/h3-5H,2H2,1H3. The molecule has 0 saturated carbocycles. The summed E-state index contributed by atoms with van der Waals surface area (Å²) in [6, 6.07) is 0. The van der Waals surface area contributed by atoms with E-state index in [4.69, 9.17) is 0 Å². The van der Waals surface area contributed by atoms with Crippen molar-refractivity contribution in [2.75, 3.05) is 0 Å². The second-order valence-corrected chi connectivity index (χ2v) is 4.41. The molecule has 0 aromatic carbocycles. The van der Waals surface area contributed by atoms with Gasteiger partial charge in [0.15, 0.2) is 11.8 Å². The first-order chi connectivity index (χ1) is 8.88. The number of alkyl halides is 12. The molecule has 12 heteroatoms. The van der Waals surface area contributed by atoms with Crippen molar-refractivity contribution in [3.8, 4) is 0 Å². The molecule has 0 bridgehead atoms. The van der Waals surface area contributed by atoms with Gasteiger partial charge in [-0.05, 0) is 12.3 Å². The van der Waals surface area contributed by atoms with E-state index in [9.17, 15) is 52.7 Å². The van der Waals surface area contributed by atoms with Crippen LogP contribution in [0, 0.1) is 17.8 Å². The van der Waals surface area contributed by atoms with Crippen molar-refractivity contribution in [3.63, 3.8) is 0 Å². The molecule has 0 N–H and O–H groups in total. The van der Waals surface area contributed by atoms with E-state index in [0.29, 0.717) is 0 Å². The predicted molar refractivity (Wildman–Crippen MR) is 45.0 cm³/mol. The molecular formula is C9H8F12. The van der Waals surface area contributed by atoms with Crippen molar-refractivity contribution in [3.05, 3.63) is 0 Å². The van der Waals surface area contributed by atoms with Crippen molar-refractivity contribution in [2.45, 2.75) is 38.0 Å². The largest absolute Gasteiger partial charge is 0.400 e. The fourth-order valence-corrected chi connectivity index (χ4v) is 1.79. The minimum absolute atomic E-state index is 0.0517. The monoisotopic (exact) mass is 344 g/mol. The van der Waals surface area contributed by atoms with Gasteiger partial charge in [0.1, 0.15) is 0 Å². The first-order valence-electron chi connectivity index (χ1n) is 5.15. The van der Waals surface area contributed by atoms with Crippen LogP contribution in [0.5, 0.6) is 0 Å². The van der Waals surface area contributed by atoms with E-state index < -0.39 is 48.9 Å². The summed E-state index contributed by atoms with van der Waals surface area (Å²) in [5, 5.41) is 0. The van der Waals surface area contributed by atoms with Crippen LogP contribution in [0.15, 0.2) is 0 Å². The third-order valence-electron chi connectivity index (χ3n) is 2.67. The smallest absolute Gasteiger partial charge is 0.170 e. The Morgan fingerprint density at radius 1 is 0.571 bits per heavy atom. The molecule has 0 aliphatic carbocycles. The zero-order chi connectivity index (χ0) is 17.4. The summed E-state index contributed by atoms with van der Waals surface area (Å²) in [4.78, 5) is 0. The highest BCUT2D eigenvalue weighted by molar-refractivity contribution is 4.85. The fraction of sp³-hybridized carbons (Fsp3) is 1.00. The molecule has 0 fully saturated rings. The Bertz CT molecular complexity index is 301. The van der Waals surface area contributed by atoms with Crippen LogP contribution in [0.4, 0.5) is 52.7 Å². The molecule has 0 spiro atoms. The van der Waals surface area contributed by atoms with E-state index in [0.717, 1.165) is 0 Å². The van der Waals surface area contributed by atoms with Gasteiger partial charge in [-0.2, -0.15) is 52.7 Å². The maximum atomic E-state index is 12.2. The number of halogens is 12. The van der Waals surface area contributed by atoms with Gasteiger partial charge >= 0.3 is 24.7 Å². The lowest BCUT2D eigenvalue weighted by atomic mass is 9.84. The highest BCUT2D eigenvalue weighted by Crippen LogP contribution is 2.49. The van der Waals surface area contributed by atoms with Crippen LogP contribution in [0.2, 0.25) is 0 Å². The normalized spacial score (nSPS) is 16.7. The summed E-state index contributed by atoms with van der Waals surface area (Å²) in [6.45, 7) is 0.0517. The van der Waals surface area contributed by atoms with Crippen LogP contribution in [-0.2, 0) is 0 Å². The van der Waals surface area contributed by atoms with Gasteiger partial charge in [0, 0.05) is 0 Å². The Kier molecular flexibility index (Phi) is 5.52. The molecular weight excluding hydrogens is 336 g/mol. The summed E-state index contributed by atoms with van der Waals surface area (Å²) >= 11 is 0. The zero-order valence-electron chi connectivity index (χ0n) is 9.97. The maximum Gasteiger partial charge on any atom is 0.400 e. The lowest BCUT2D eigenvalue weighted by Gasteiger charge is -2.32. The van der Waals surface area contributed by atoms with Crippen molar-refractivity contribution >= 4 is 0 Å². The Morgan fingerprint density at radius 3 is 1.05 bits per heavy atom. The second kappa shape index (κ2) is 5.75. The molecule has 128 valence electrons. The third kappa shape index (κ3) is 5.81. The van der Waals surface area contributed by atoms with E-state index in [1.807, 2.05) is 0 Å². The Hall–Kier alpha value is -0.840. The molecule has 0 aromatic rings. The maximum absolute atomic E-state index is 12.2. The van der Waals surface area contributed by atoms with Crippen LogP contribution < -0.4 is 0 Å². The second-order valence-electron chi connectivity index (χ2n) is 4.41. The average molecular weight is 344 g/mol. The quantitative estimate of drug-likeness (QED) is 0.594. The van der Waals surface area contributed by atoms with Gasteiger partial charge < -0.3 is 0 Å². The topological polar surface area (TPSA) is 0 Å². The van der Waals surface area contributed by atoms with E-state index >= 15 is 0 Å². The summed E-state index contributed by atoms with van der Waals surface area (Å²) in [6.07, 6.45) is -26.3. The zero-order valence-corrected chi connectivity index (χ0v) is 9.97. The van der Waals surface area contributed by atoms with Gasteiger partial charge in [0.25, 0.3) is 0 Å². The van der Waals surface area contributed by atoms with E-state index in [1.54, 1.807) is 0 Å². The molecule has 0 aliphatic rings. The predicted octanol–water partition coefficient (Wildman–Crippen LogP) is 5.49. The Morgan fingerprint density at radius 2 is 0.857 bits per heavy atom. The molecule has 0 saturated heterocycles. The van der Waals surface area contributed by atoms with Crippen molar-refractivity contribution < 1.29 is 52.7 Å². The molecule has 0 heterocycles. The first-order valence-corrected chi connectivity index (χ1v) is 5.15. The number of hydrogen-bond donors (Lipinski definition) is 0. The van der Waals surface area contributed by atoms with Crippen molar-refractivity contribution in [1.82, 2.24) is 0 Å². The number of hydrogen-bond acceptors (Lipinski definition) is 0. The molecule has 0 aromatic heterocycles. The van der Waals surface area contributed by atoms with Crippen LogP contribution >= 0.6 is 0 Å². The molecule has 21 heavy (non-hydrogen) atoms. The van der Waals surface area contributed by atoms with Gasteiger partial charge in [-0.3, -0.25) is 0 Å². The van der Waals surface area contributed by atoms with Gasteiger partial charge in [0.2, 0.25) is 0 Å². The van der Waals surface area contributed by atoms with E-state index in [2.05, 4.69) is 0 Å². The third-order valence-corrected chi connectivity index (χ3v) is 2.67. The molecule has 0 amide bonds. The molecule has 1 unspecified atom stereocenters. The lowest BCUT2D eigenvalue weighted by molar-refractivity contribution is -0.316. The highest BCUT2D eigenvalue weighted by Gasteiger charge is 2.63. The summed E-state index contributed by atoms with van der Waals surface area (Å²) < 4.78 is 146. The highest BCUT2D eigenvalue weighted by atomic mass is 19.4. The molecule has 0 rings (SSSR count). The fourth-order valence-electron chi connectivity index (χ4n) is 1.79. The SMILES string of the molecule is CC(CC(C(F)(F)F)C(F)(F)F)C(C(F)(F)F)C(F)(F)F. The minimum Gasteiger partial charge on any atom is -0.170 e. The molecule has 0 radical (unpaired) electrons. The van der Waals surface area contributed by atoms with Gasteiger partial charge in [-0.1, -0.05) is 6.92 Å². The van der Waals surface area contributed by atoms with E-state index in [1.165, 1.54) is 0 Å². The first kappa shape index (κ1) is 20.2. The summed E-state index contributed by atoms with van der Waals surface area (Å²) in [7, 11) is 0. The van der Waals surface area contributed by atoms with Crippen LogP contribution in [0.3, 0.4) is 0 Å². The lowest BCUT2D eigenvalue weighted by Crippen LogP contribution is -2.45. The minimum atomic E-state index is -6.00. The average Bonchev–Trinajstić information content (AvgIpc) is 2.04. The molecule has 1 atom stereocenters. The van der Waals surface area contributed by atoms with Crippen LogP contribution in [0.25, 0.3) is 0 Å². The van der Waals surface area contributed by atoms with Crippen molar-refractivity contribution in [1.29, 1.82) is 0 Å². The van der Waals surface area contributed by atoms with E-state index in [-0.39, 0.29) is 6.92 Å². The Labute approximate surface area is 110 Å². The van der Waals surface area contributed by atoms with Gasteiger partial charge in [-0.15, -0.1) is 0 Å². The van der Waals surface area contributed by atoms with Crippen LogP contribution in [-0.4, -0.2) is 24.7 Å².